The van der Waals surface area contributed by atoms with Crippen LogP contribution in [0.4, 0.5) is 4.79 Å². The second kappa shape index (κ2) is 7.55. The maximum atomic E-state index is 11.6. The smallest absolute Gasteiger partial charge is 0.414 e. The van der Waals surface area contributed by atoms with Gasteiger partial charge in [0.2, 0.25) is 0 Å². The van der Waals surface area contributed by atoms with Crippen LogP contribution in [0.3, 0.4) is 0 Å². The van der Waals surface area contributed by atoms with Gasteiger partial charge < -0.3 is 14.4 Å². The van der Waals surface area contributed by atoms with Crippen LogP contribution < -0.4 is 4.74 Å². The summed E-state index contributed by atoms with van der Waals surface area (Å²) in [7, 11) is 3.14. The predicted molar refractivity (Wildman–Crippen MR) is 76.8 cm³/mol. The van der Waals surface area contributed by atoms with Crippen LogP contribution >= 0.6 is 11.6 Å². The predicted octanol–water partition coefficient (Wildman–Crippen LogP) is 2.98. The van der Waals surface area contributed by atoms with E-state index in [1.165, 1.54) is 23.1 Å². The SMILES string of the molecule is CCOC(=O)/C=C/c1ccc(Cl)cc1OC(=O)N(C)C. The van der Waals surface area contributed by atoms with Gasteiger partial charge >= 0.3 is 12.1 Å². The second-order valence-electron chi connectivity index (χ2n) is 4.03. The van der Waals surface area contributed by atoms with Gasteiger partial charge in [-0.05, 0) is 25.1 Å². The highest BCUT2D eigenvalue weighted by atomic mass is 35.5. The van der Waals surface area contributed by atoms with Crippen molar-refractivity contribution in [2.24, 2.45) is 0 Å². The summed E-state index contributed by atoms with van der Waals surface area (Å²) in [6.45, 7) is 2.02. The lowest BCUT2D eigenvalue weighted by Gasteiger charge is -2.12. The summed E-state index contributed by atoms with van der Waals surface area (Å²) < 4.78 is 9.96. The van der Waals surface area contributed by atoms with Crippen molar-refractivity contribution in [3.63, 3.8) is 0 Å². The Morgan fingerprint density at radius 1 is 1.35 bits per heavy atom. The molecule has 0 heterocycles. The van der Waals surface area contributed by atoms with Crippen molar-refractivity contribution in [1.82, 2.24) is 4.90 Å². The zero-order chi connectivity index (χ0) is 15.1. The van der Waals surface area contributed by atoms with Gasteiger partial charge in [0.05, 0.1) is 6.61 Å². The topological polar surface area (TPSA) is 55.8 Å². The Balaban J connectivity index is 2.95. The molecule has 0 N–H and O–H groups in total. The van der Waals surface area contributed by atoms with Gasteiger partial charge in [-0.25, -0.2) is 9.59 Å². The van der Waals surface area contributed by atoms with E-state index in [9.17, 15) is 9.59 Å². The van der Waals surface area contributed by atoms with Crippen LogP contribution in [0.2, 0.25) is 5.02 Å². The molecule has 0 atom stereocenters. The fourth-order valence-electron chi connectivity index (χ4n) is 1.27. The zero-order valence-electron chi connectivity index (χ0n) is 11.6. The van der Waals surface area contributed by atoms with Gasteiger partial charge in [-0.2, -0.15) is 0 Å². The molecule has 108 valence electrons. The van der Waals surface area contributed by atoms with E-state index in [-0.39, 0.29) is 5.75 Å². The highest BCUT2D eigenvalue weighted by molar-refractivity contribution is 6.30. The summed E-state index contributed by atoms with van der Waals surface area (Å²) in [6.07, 6.45) is 2.24. The molecule has 1 amide bonds. The Labute approximate surface area is 122 Å². The van der Waals surface area contributed by atoms with Gasteiger partial charge in [0.1, 0.15) is 5.75 Å². The molecular formula is C14H16ClNO4. The summed E-state index contributed by atoms with van der Waals surface area (Å²) in [5.41, 5.74) is 0.553. The Morgan fingerprint density at radius 3 is 2.65 bits per heavy atom. The molecule has 6 heteroatoms. The standard InChI is InChI=1S/C14H16ClNO4/c1-4-19-13(17)8-6-10-5-7-11(15)9-12(10)20-14(18)16(2)3/h5-9H,4H2,1-3H3/b8-6+. The van der Waals surface area contributed by atoms with Crippen molar-refractivity contribution in [2.75, 3.05) is 20.7 Å². The maximum Gasteiger partial charge on any atom is 0.414 e. The van der Waals surface area contributed by atoms with E-state index >= 15 is 0 Å². The monoisotopic (exact) mass is 297 g/mol. The number of halogens is 1. The van der Waals surface area contributed by atoms with Crippen LogP contribution in [-0.2, 0) is 9.53 Å². The van der Waals surface area contributed by atoms with E-state index in [0.29, 0.717) is 17.2 Å². The van der Waals surface area contributed by atoms with Crippen LogP contribution in [0.25, 0.3) is 6.08 Å². The number of benzene rings is 1. The molecule has 20 heavy (non-hydrogen) atoms. The van der Waals surface area contributed by atoms with E-state index in [1.54, 1.807) is 33.2 Å². The number of rotatable bonds is 4. The number of ether oxygens (including phenoxy) is 2. The minimum Gasteiger partial charge on any atom is -0.463 e. The van der Waals surface area contributed by atoms with Crippen LogP contribution in [-0.4, -0.2) is 37.7 Å². The molecule has 0 bridgehead atoms. The number of carbonyl (C=O) groups excluding carboxylic acids is 2. The summed E-state index contributed by atoms with van der Waals surface area (Å²) in [5, 5.41) is 0.430. The third kappa shape index (κ3) is 4.93. The van der Waals surface area contributed by atoms with E-state index < -0.39 is 12.1 Å². The number of esters is 1. The lowest BCUT2D eigenvalue weighted by atomic mass is 10.2. The first kappa shape index (κ1) is 16.0. The van der Waals surface area contributed by atoms with Gasteiger partial charge in [0, 0.05) is 36.8 Å². The molecule has 0 unspecified atom stereocenters. The minimum atomic E-state index is -0.530. The molecule has 0 saturated carbocycles. The van der Waals surface area contributed by atoms with E-state index in [2.05, 4.69) is 0 Å². The lowest BCUT2D eigenvalue weighted by Crippen LogP contribution is -2.25. The molecule has 5 nitrogen and oxygen atoms in total. The first-order valence-corrected chi connectivity index (χ1v) is 6.35. The average molecular weight is 298 g/mol. The number of hydrogen-bond acceptors (Lipinski definition) is 4. The number of nitrogens with zero attached hydrogens (tertiary/aromatic N) is 1. The van der Waals surface area contributed by atoms with Crippen molar-refractivity contribution < 1.29 is 19.1 Å². The number of amides is 1. The quantitative estimate of drug-likeness (QED) is 0.633. The number of carbonyl (C=O) groups is 2. The first-order valence-electron chi connectivity index (χ1n) is 5.97. The molecule has 0 saturated heterocycles. The lowest BCUT2D eigenvalue weighted by molar-refractivity contribution is -0.137. The zero-order valence-corrected chi connectivity index (χ0v) is 12.3. The van der Waals surface area contributed by atoms with E-state index in [1.807, 2.05) is 0 Å². The van der Waals surface area contributed by atoms with Crippen LogP contribution in [0.5, 0.6) is 5.75 Å². The molecule has 0 aliphatic heterocycles. The molecule has 1 aromatic rings. The molecule has 0 aliphatic rings. The summed E-state index contributed by atoms with van der Waals surface area (Å²) >= 11 is 5.87. The summed E-state index contributed by atoms with van der Waals surface area (Å²) in [5.74, 6) is -0.191. The molecule has 0 aromatic heterocycles. The Kier molecular flexibility index (Phi) is 6.06. The largest absolute Gasteiger partial charge is 0.463 e. The van der Waals surface area contributed by atoms with E-state index in [4.69, 9.17) is 21.1 Å². The highest BCUT2D eigenvalue weighted by Crippen LogP contribution is 2.25. The number of hydrogen-bond donors (Lipinski definition) is 0. The second-order valence-corrected chi connectivity index (χ2v) is 4.47. The molecule has 0 aliphatic carbocycles. The summed E-state index contributed by atoms with van der Waals surface area (Å²) in [4.78, 5) is 24.1. The molecule has 0 spiro atoms. The Morgan fingerprint density at radius 2 is 2.05 bits per heavy atom. The molecule has 0 radical (unpaired) electrons. The maximum absolute atomic E-state index is 11.6. The van der Waals surface area contributed by atoms with E-state index in [0.717, 1.165) is 0 Å². The van der Waals surface area contributed by atoms with Gasteiger partial charge in [0.15, 0.2) is 0 Å². The summed E-state index contributed by atoms with van der Waals surface area (Å²) in [6, 6.07) is 4.80. The van der Waals surface area contributed by atoms with Crippen molar-refractivity contribution in [3.8, 4) is 5.75 Å². The van der Waals surface area contributed by atoms with Crippen molar-refractivity contribution in [2.45, 2.75) is 6.92 Å². The van der Waals surface area contributed by atoms with Crippen LogP contribution in [0.1, 0.15) is 12.5 Å². The van der Waals surface area contributed by atoms with Gasteiger partial charge in [-0.1, -0.05) is 11.6 Å². The normalized spacial score (nSPS) is 10.4. The highest BCUT2D eigenvalue weighted by Gasteiger charge is 2.10. The molecular weight excluding hydrogens is 282 g/mol. The molecule has 1 aromatic carbocycles. The Hall–Kier alpha value is -2.01. The third-order valence-electron chi connectivity index (χ3n) is 2.22. The van der Waals surface area contributed by atoms with Crippen molar-refractivity contribution in [1.29, 1.82) is 0 Å². The third-order valence-corrected chi connectivity index (χ3v) is 2.46. The van der Waals surface area contributed by atoms with Crippen molar-refractivity contribution >= 4 is 29.7 Å². The van der Waals surface area contributed by atoms with Gasteiger partial charge in [-0.15, -0.1) is 0 Å². The minimum absolute atomic E-state index is 0.275. The van der Waals surface area contributed by atoms with Crippen molar-refractivity contribution in [3.05, 3.63) is 34.9 Å². The van der Waals surface area contributed by atoms with Gasteiger partial charge in [0.25, 0.3) is 0 Å². The average Bonchev–Trinajstić information content (AvgIpc) is 2.38. The first-order chi connectivity index (χ1) is 9.43. The van der Waals surface area contributed by atoms with Crippen LogP contribution in [0.15, 0.2) is 24.3 Å². The molecule has 1 rings (SSSR count). The fraction of sp³-hybridized carbons (Fsp3) is 0.286. The Bertz CT molecular complexity index is 526. The van der Waals surface area contributed by atoms with Gasteiger partial charge in [-0.3, -0.25) is 0 Å². The van der Waals surface area contributed by atoms with Crippen LogP contribution in [0, 0.1) is 0 Å². The molecule has 0 fully saturated rings. The fourth-order valence-corrected chi connectivity index (χ4v) is 1.43.